The second kappa shape index (κ2) is 3.67. The minimum atomic E-state index is 0. The predicted molar refractivity (Wildman–Crippen MR) is 35.3 cm³/mol. The van der Waals surface area contributed by atoms with Crippen LogP contribution in [0.5, 0.6) is 0 Å². The summed E-state index contributed by atoms with van der Waals surface area (Å²) in [6.45, 7) is 0. The Balaban J connectivity index is 0.000000490. The van der Waals surface area contributed by atoms with Gasteiger partial charge >= 0.3 is 37.7 Å². The van der Waals surface area contributed by atoms with Crippen LogP contribution in [0.1, 0.15) is 0 Å². The summed E-state index contributed by atoms with van der Waals surface area (Å²) in [7, 11) is 1.74. The first-order valence-corrected chi connectivity index (χ1v) is 2.75. The zero-order valence-corrected chi connectivity index (χ0v) is 7.65. The second-order valence-electron chi connectivity index (χ2n) is 1.24. The molecule has 0 aliphatic carbocycles. The number of hydrogen-bond donors (Lipinski definition) is 0. The number of aryl methyl sites for hydroxylation is 1. The standard InChI is InChI=1S/C4H5NOS.Ca/c1-5-4(6)2-3-7-5;/h2-3H,1H3;/q;+2. The van der Waals surface area contributed by atoms with E-state index in [-0.39, 0.29) is 43.3 Å². The minimum Gasteiger partial charge on any atom is -0.268 e. The molecule has 0 spiro atoms. The van der Waals surface area contributed by atoms with Gasteiger partial charge in [-0.2, -0.15) is 0 Å². The van der Waals surface area contributed by atoms with E-state index in [9.17, 15) is 4.79 Å². The van der Waals surface area contributed by atoms with Gasteiger partial charge in [0.05, 0.1) is 0 Å². The van der Waals surface area contributed by atoms with E-state index in [1.165, 1.54) is 11.5 Å². The van der Waals surface area contributed by atoms with Crippen molar-refractivity contribution in [1.29, 1.82) is 0 Å². The van der Waals surface area contributed by atoms with Gasteiger partial charge in [0.2, 0.25) is 0 Å². The molecule has 0 unspecified atom stereocenters. The molecule has 8 heavy (non-hydrogen) atoms. The van der Waals surface area contributed by atoms with Crippen LogP contribution in [-0.2, 0) is 7.05 Å². The summed E-state index contributed by atoms with van der Waals surface area (Å²) in [6.07, 6.45) is 0. The molecular weight excluding hydrogens is 150 g/mol. The average Bonchev–Trinajstić information content (AvgIpc) is 1.91. The molecule has 1 rings (SSSR count). The summed E-state index contributed by atoms with van der Waals surface area (Å²) in [6, 6.07) is 1.55. The third kappa shape index (κ3) is 1.90. The normalized spacial score (nSPS) is 8.12. The molecule has 0 aliphatic rings. The van der Waals surface area contributed by atoms with E-state index in [0.717, 1.165) is 0 Å². The van der Waals surface area contributed by atoms with Crippen LogP contribution >= 0.6 is 11.5 Å². The molecule has 1 aromatic rings. The molecule has 0 aliphatic heterocycles. The fourth-order valence-corrected chi connectivity index (χ4v) is 0.861. The van der Waals surface area contributed by atoms with E-state index in [4.69, 9.17) is 0 Å². The molecule has 1 aromatic heterocycles. The molecule has 0 bridgehead atoms. The van der Waals surface area contributed by atoms with Crippen molar-refractivity contribution < 1.29 is 0 Å². The van der Waals surface area contributed by atoms with Crippen LogP contribution in [0.2, 0.25) is 0 Å². The molecule has 38 valence electrons. The fourth-order valence-electron chi connectivity index (χ4n) is 0.337. The SMILES string of the molecule is Cn1sccc1=O.[Ca+2]. The van der Waals surface area contributed by atoms with Gasteiger partial charge in [0.1, 0.15) is 0 Å². The molecular formula is C4H5CaNOS+2. The van der Waals surface area contributed by atoms with Gasteiger partial charge in [0.25, 0.3) is 5.56 Å². The molecule has 0 saturated carbocycles. The maximum absolute atomic E-state index is 10.4. The summed E-state index contributed by atoms with van der Waals surface area (Å²) in [5.41, 5.74) is 0.0741. The largest absolute Gasteiger partial charge is 2.00 e. The number of rotatable bonds is 0. The molecule has 0 aromatic carbocycles. The smallest absolute Gasteiger partial charge is 0.268 e. The summed E-state index contributed by atoms with van der Waals surface area (Å²) in [4.78, 5) is 10.4. The average molecular weight is 155 g/mol. The van der Waals surface area contributed by atoms with Crippen molar-refractivity contribution in [3.63, 3.8) is 0 Å². The van der Waals surface area contributed by atoms with Crippen molar-refractivity contribution in [2.45, 2.75) is 0 Å². The van der Waals surface area contributed by atoms with E-state index in [1.54, 1.807) is 22.5 Å². The van der Waals surface area contributed by atoms with Crippen LogP contribution < -0.4 is 5.56 Å². The number of hydrogen-bond acceptors (Lipinski definition) is 2. The molecule has 0 saturated heterocycles. The quantitative estimate of drug-likeness (QED) is 0.486. The van der Waals surface area contributed by atoms with Crippen molar-refractivity contribution in [3.8, 4) is 0 Å². The fraction of sp³-hybridized carbons (Fsp3) is 0.250. The van der Waals surface area contributed by atoms with Crippen LogP contribution in [0.25, 0.3) is 0 Å². The summed E-state index contributed by atoms with van der Waals surface area (Å²) >= 11 is 1.41. The summed E-state index contributed by atoms with van der Waals surface area (Å²) in [5, 5.41) is 1.77. The molecule has 0 amide bonds. The van der Waals surface area contributed by atoms with Gasteiger partial charge in [0.15, 0.2) is 0 Å². The first-order valence-electron chi connectivity index (χ1n) is 1.92. The molecule has 0 atom stereocenters. The van der Waals surface area contributed by atoms with Gasteiger partial charge in [-0.3, -0.25) is 8.75 Å². The van der Waals surface area contributed by atoms with Crippen LogP contribution in [0.15, 0.2) is 16.2 Å². The first kappa shape index (κ1) is 8.69. The predicted octanol–water partition coefficient (Wildman–Crippen LogP) is 0.0660. The second-order valence-corrected chi connectivity index (χ2v) is 2.27. The van der Waals surface area contributed by atoms with Crippen molar-refractivity contribution in [2.75, 3.05) is 0 Å². The van der Waals surface area contributed by atoms with E-state index in [2.05, 4.69) is 0 Å². The molecule has 0 radical (unpaired) electrons. The maximum atomic E-state index is 10.4. The molecule has 2 nitrogen and oxygen atoms in total. The Labute approximate surface area is 81.3 Å². The first-order chi connectivity index (χ1) is 3.30. The Morgan fingerprint density at radius 2 is 2.38 bits per heavy atom. The minimum absolute atomic E-state index is 0. The van der Waals surface area contributed by atoms with Gasteiger partial charge < -0.3 is 0 Å². The summed E-state index contributed by atoms with van der Waals surface area (Å²) < 4.78 is 1.57. The Morgan fingerprint density at radius 1 is 1.75 bits per heavy atom. The molecule has 1 heterocycles. The third-order valence-electron chi connectivity index (χ3n) is 0.740. The summed E-state index contributed by atoms with van der Waals surface area (Å²) in [5.74, 6) is 0. The topological polar surface area (TPSA) is 22.0 Å². The van der Waals surface area contributed by atoms with Crippen molar-refractivity contribution in [2.24, 2.45) is 7.05 Å². The van der Waals surface area contributed by atoms with Crippen LogP contribution in [0, 0.1) is 0 Å². The maximum Gasteiger partial charge on any atom is 2.00 e. The Morgan fingerprint density at radius 3 is 2.50 bits per heavy atom. The number of nitrogens with zero attached hydrogens (tertiary/aromatic N) is 1. The zero-order chi connectivity index (χ0) is 5.28. The van der Waals surface area contributed by atoms with Crippen LogP contribution in [0.3, 0.4) is 0 Å². The van der Waals surface area contributed by atoms with E-state index >= 15 is 0 Å². The van der Waals surface area contributed by atoms with Gasteiger partial charge in [-0.15, -0.1) is 0 Å². The van der Waals surface area contributed by atoms with Gasteiger partial charge in [-0.05, 0) is 0 Å². The monoisotopic (exact) mass is 155 g/mol. The van der Waals surface area contributed by atoms with Gasteiger partial charge in [0, 0.05) is 18.5 Å². The zero-order valence-electron chi connectivity index (χ0n) is 4.63. The third-order valence-corrected chi connectivity index (χ3v) is 1.49. The molecule has 0 N–H and O–H groups in total. The van der Waals surface area contributed by atoms with Gasteiger partial charge in [-0.25, -0.2) is 0 Å². The van der Waals surface area contributed by atoms with Crippen LogP contribution in [0.4, 0.5) is 0 Å². The van der Waals surface area contributed by atoms with Crippen LogP contribution in [-0.4, -0.2) is 41.7 Å². The van der Waals surface area contributed by atoms with E-state index in [0.29, 0.717) is 0 Å². The van der Waals surface area contributed by atoms with E-state index < -0.39 is 0 Å². The Bertz CT molecular complexity index is 204. The number of aromatic nitrogens is 1. The van der Waals surface area contributed by atoms with Gasteiger partial charge in [-0.1, -0.05) is 11.5 Å². The Kier molecular flexibility index (Phi) is 3.98. The Hall–Kier alpha value is 0.690. The van der Waals surface area contributed by atoms with E-state index in [1.807, 2.05) is 0 Å². The molecule has 4 heteroatoms. The molecule has 0 fully saturated rings. The van der Waals surface area contributed by atoms with Crippen molar-refractivity contribution in [3.05, 3.63) is 21.8 Å². The van der Waals surface area contributed by atoms with Crippen molar-refractivity contribution in [1.82, 2.24) is 3.96 Å². The van der Waals surface area contributed by atoms with Crippen molar-refractivity contribution >= 4 is 49.3 Å².